The highest BCUT2D eigenvalue weighted by Crippen LogP contribution is 1.91. The van der Waals surface area contributed by atoms with Crippen molar-refractivity contribution in [3.8, 4) is 0 Å². The van der Waals surface area contributed by atoms with Crippen LogP contribution in [0.5, 0.6) is 0 Å². The van der Waals surface area contributed by atoms with Crippen molar-refractivity contribution in [2.45, 2.75) is 13.8 Å². The molecule has 8 heavy (non-hydrogen) atoms. The number of hydrazine groups is 1. The summed E-state index contributed by atoms with van der Waals surface area (Å²) in [6.07, 6.45) is 0. The van der Waals surface area contributed by atoms with Crippen LogP contribution >= 0.6 is 0 Å². The molecule has 5 N–H and O–H groups in total. The van der Waals surface area contributed by atoms with Crippen LogP contribution < -0.4 is 17.0 Å². The first-order chi connectivity index (χ1) is 3.68. The number of nitrogens with two attached hydrogens (primary N) is 2. The fraction of sp³-hybridized carbons (Fsp3) is 0.600. The number of hydrogen-bond acceptors (Lipinski definition) is 3. The maximum Gasteiger partial charge on any atom is 0.0325 e. The zero-order chi connectivity index (χ0) is 6.57. The molecule has 0 saturated heterocycles. The maximum atomic E-state index is 5.41. The Hall–Kier alpha value is -0.540. The molecule has 0 unspecified atom stereocenters. The molecule has 0 heterocycles. The molecule has 0 bridgehead atoms. The molecule has 3 nitrogen and oxygen atoms in total. The summed E-state index contributed by atoms with van der Waals surface area (Å²) in [7, 11) is 0. The van der Waals surface area contributed by atoms with E-state index in [1.54, 1.807) is 0 Å². The normalized spacial score (nSPS) is 13.4. The summed E-state index contributed by atoms with van der Waals surface area (Å²) in [6.45, 7) is 4.46. The number of nitrogens with one attached hydrogen (secondary N) is 1. The van der Waals surface area contributed by atoms with Gasteiger partial charge in [-0.15, -0.1) is 0 Å². The fourth-order valence-electron chi connectivity index (χ4n) is 0.293. The fourth-order valence-corrected chi connectivity index (χ4v) is 0.293. The molecule has 0 aromatic heterocycles. The van der Waals surface area contributed by atoms with Crippen LogP contribution in [0.15, 0.2) is 11.3 Å². The second kappa shape index (κ2) is 3.46. The van der Waals surface area contributed by atoms with Crippen molar-refractivity contribution in [3.05, 3.63) is 11.3 Å². The molecule has 48 valence electrons. The quantitative estimate of drug-likeness (QED) is 0.342. The molecule has 0 spiro atoms. The summed E-state index contributed by atoms with van der Waals surface area (Å²) in [6, 6.07) is 0. The first kappa shape index (κ1) is 7.46. The van der Waals surface area contributed by atoms with Crippen molar-refractivity contribution in [2.24, 2.45) is 11.6 Å². The van der Waals surface area contributed by atoms with Crippen molar-refractivity contribution < 1.29 is 0 Å². The van der Waals surface area contributed by atoms with E-state index in [2.05, 4.69) is 5.43 Å². The number of hydrogen-bond donors (Lipinski definition) is 3. The molecule has 3 heteroatoms. The first-order valence-corrected chi connectivity index (χ1v) is 2.53. The van der Waals surface area contributed by atoms with E-state index in [0.29, 0.717) is 6.54 Å². The summed E-state index contributed by atoms with van der Waals surface area (Å²) in [5.74, 6) is 5.03. The second-order valence-corrected chi connectivity index (χ2v) is 1.84. The van der Waals surface area contributed by atoms with Gasteiger partial charge in [-0.2, -0.15) is 0 Å². The minimum Gasteiger partial charge on any atom is -0.402 e. The van der Waals surface area contributed by atoms with Gasteiger partial charge in [-0.1, -0.05) is 0 Å². The smallest absolute Gasteiger partial charge is 0.0325 e. The lowest BCUT2D eigenvalue weighted by molar-refractivity contribution is 0.787. The van der Waals surface area contributed by atoms with Gasteiger partial charge < -0.3 is 5.73 Å². The molecule has 0 aromatic rings. The Kier molecular flexibility index (Phi) is 3.23. The predicted molar refractivity (Wildman–Crippen MR) is 34.8 cm³/mol. The van der Waals surface area contributed by atoms with Crippen molar-refractivity contribution in [1.82, 2.24) is 5.43 Å². The van der Waals surface area contributed by atoms with Crippen LogP contribution in [0.1, 0.15) is 13.8 Å². The van der Waals surface area contributed by atoms with E-state index in [-0.39, 0.29) is 0 Å². The van der Waals surface area contributed by atoms with Gasteiger partial charge in [0.05, 0.1) is 0 Å². The SMILES string of the molecule is C/C(N)=C(\C)CNN. The lowest BCUT2D eigenvalue weighted by Crippen LogP contribution is -2.24. The average molecular weight is 115 g/mol. The van der Waals surface area contributed by atoms with Crippen molar-refractivity contribution in [2.75, 3.05) is 6.54 Å². The van der Waals surface area contributed by atoms with Gasteiger partial charge in [-0.25, -0.2) is 0 Å². The summed E-state index contributed by atoms with van der Waals surface area (Å²) >= 11 is 0. The van der Waals surface area contributed by atoms with Crippen molar-refractivity contribution in [3.63, 3.8) is 0 Å². The minimum atomic E-state index is 0.669. The molecule has 0 atom stereocenters. The molecule has 0 aliphatic carbocycles. The van der Waals surface area contributed by atoms with Crippen LogP contribution in [0.2, 0.25) is 0 Å². The predicted octanol–water partition coefficient (Wildman–Crippen LogP) is -0.298. The van der Waals surface area contributed by atoms with Gasteiger partial charge in [0, 0.05) is 12.2 Å². The van der Waals surface area contributed by atoms with Crippen LogP contribution in [-0.4, -0.2) is 6.54 Å². The monoisotopic (exact) mass is 115 g/mol. The zero-order valence-corrected chi connectivity index (χ0v) is 5.36. The highest BCUT2D eigenvalue weighted by molar-refractivity contribution is 5.06. The summed E-state index contributed by atoms with van der Waals surface area (Å²) < 4.78 is 0. The maximum absolute atomic E-state index is 5.41. The standard InChI is InChI=1S/C5H13N3/c1-4(3-8-7)5(2)6/h8H,3,6-7H2,1-2H3/b5-4-. The molecule has 0 amide bonds. The highest BCUT2D eigenvalue weighted by Gasteiger charge is 1.87. The molecule has 0 rings (SSSR count). The Morgan fingerprint density at radius 2 is 2.00 bits per heavy atom. The first-order valence-electron chi connectivity index (χ1n) is 2.53. The van der Waals surface area contributed by atoms with Gasteiger partial charge >= 0.3 is 0 Å². The summed E-state index contributed by atoms with van der Waals surface area (Å²) in [4.78, 5) is 0. The Labute approximate surface area is 49.7 Å². The van der Waals surface area contributed by atoms with E-state index in [0.717, 1.165) is 11.3 Å². The van der Waals surface area contributed by atoms with E-state index in [1.165, 1.54) is 0 Å². The van der Waals surface area contributed by atoms with Crippen LogP contribution in [0, 0.1) is 0 Å². The molecule has 0 aromatic carbocycles. The van der Waals surface area contributed by atoms with Gasteiger partial charge in [-0.3, -0.25) is 11.3 Å². The zero-order valence-electron chi connectivity index (χ0n) is 5.36. The molecular weight excluding hydrogens is 102 g/mol. The molecule has 0 radical (unpaired) electrons. The van der Waals surface area contributed by atoms with Crippen LogP contribution in [0.3, 0.4) is 0 Å². The lowest BCUT2D eigenvalue weighted by Gasteiger charge is -1.99. The molecule has 0 saturated carbocycles. The third kappa shape index (κ3) is 2.60. The number of allylic oxidation sites excluding steroid dienone is 1. The third-order valence-electron chi connectivity index (χ3n) is 1.04. The van der Waals surface area contributed by atoms with E-state index >= 15 is 0 Å². The van der Waals surface area contributed by atoms with Crippen LogP contribution in [-0.2, 0) is 0 Å². The van der Waals surface area contributed by atoms with Crippen LogP contribution in [0.25, 0.3) is 0 Å². The summed E-state index contributed by atoms with van der Waals surface area (Å²) in [5.41, 5.74) is 9.84. The largest absolute Gasteiger partial charge is 0.402 e. The Morgan fingerprint density at radius 3 is 2.12 bits per heavy atom. The lowest BCUT2D eigenvalue weighted by atomic mass is 10.2. The highest BCUT2D eigenvalue weighted by atomic mass is 15.2. The van der Waals surface area contributed by atoms with Gasteiger partial charge in [-0.05, 0) is 19.4 Å². The van der Waals surface area contributed by atoms with E-state index in [1.807, 2.05) is 13.8 Å². The van der Waals surface area contributed by atoms with E-state index < -0.39 is 0 Å². The van der Waals surface area contributed by atoms with Crippen molar-refractivity contribution >= 4 is 0 Å². The Morgan fingerprint density at radius 1 is 1.50 bits per heavy atom. The Balaban J connectivity index is 3.62. The average Bonchev–Trinajstić information content (AvgIpc) is 1.67. The third-order valence-corrected chi connectivity index (χ3v) is 1.04. The second-order valence-electron chi connectivity index (χ2n) is 1.84. The minimum absolute atomic E-state index is 0.669. The van der Waals surface area contributed by atoms with Gasteiger partial charge in [0.15, 0.2) is 0 Å². The topological polar surface area (TPSA) is 64.1 Å². The molecule has 0 aliphatic rings. The van der Waals surface area contributed by atoms with Crippen LogP contribution in [0.4, 0.5) is 0 Å². The van der Waals surface area contributed by atoms with Gasteiger partial charge in [0.1, 0.15) is 0 Å². The van der Waals surface area contributed by atoms with E-state index in [4.69, 9.17) is 11.6 Å². The van der Waals surface area contributed by atoms with E-state index in [9.17, 15) is 0 Å². The number of rotatable bonds is 2. The summed E-state index contributed by atoms with van der Waals surface area (Å²) in [5, 5.41) is 0. The molecule has 0 aliphatic heterocycles. The van der Waals surface area contributed by atoms with Crippen molar-refractivity contribution in [1.29, 1.82) is 0 Å². The van der Waals surface area contributed by atoms with Gasteiger partial charge in [0.25, 0.3) is 0 Å². The molecule has 0 fully saturated rings. The van der Waals surface area contributed by atoms with Gasteiger partial charge in [0.2, 0.25) is 0 Å². The Bertz CT molecular complexity index is 91.8. The molecular formula is C5H13N3.